The van der Waals surface area contributed by atoms with Gasteiger partial charge < -0.3 is 9.64 Å². The monoisotopic (exact) mass is 243 g/mol. The summed E-state index contributed by atoms with van der Waals surface area (Å²) in [5.74, 6) is 0.984. The largest absolute Gasteiger partial charge is 0.497 e. The summed E-state index contributed by atoms with van der Waals surface area (Å²) in [6.07, 6.45) is 4.78. The molecule has 0 fully saturated rings. The Morgan fingerprint density at radius 2 is 2.06 bits per heavy atom. The van der Waals surface area contributed by atoms with E-state index in [-0.39, 0.29) is 5.54 Å². The van der Waals surface area contributed by atoms with Gasteiger partial charge >= 0.3 is 0 Å². The van der Waals surface area contributed by atoms with E-state index in [1.54, 1.807) is 7.11 Å². The van der Waals surface area contributed by atoms with Crippen LogP contribution < -0.4 is 9.64 Å². The number of methoxy groups -OCH3 is 1. The molecule has 2 nitrogen and oxygen atoms in total. The fraction of sp³-hybridized carbons (Fsp3) is 0.500. The van der Waals surface area contributed by atoms with Gasteiger partial charge in [-0.15, -0.1) is 0 Å². The molecule has 0 atom stereocenters. The minimum absolute atomic E-state index is 0.126. The molecule has 0 saturated carbocycles. The van der Waals surface area contributed by atoms with Crippen molar-refractivity contribution in [3.8, 4) is 5.75 Å². The average Bonchev–Trinajstić information content (AvgIpc) is 2.34. The van der Waals surface area contributed by atoms with Crippen LogP contribution in [-0.2, 0) is 6.42 Å². The van der Waals surface area contributed by atoms with Gasteiger partial charge in [-0.3, -0.25) is 0 Å². The van der Waals surface area contributed by atoms with E-state index in [1.807, 2.05) is 0 Å². The average molecular weight is 243 g/mol. The van der Waals surface area contributed by atoms with Gasteiger partial charge in [-0.05, 0) is 56.9 Å². The lowest BCUT2D eigenvalue weighted by molar-refractivity contribution is 0.413. The van der Waals surface area contributed by atoms with E-state index in [2.05, 4.69) is 43.9 Å². The number of benzene rings is 1. The number of allylic oxidation sites excluding steroid dienone is 1. The van der Waals surface area contributed by atoms with E-state index in [1.165, 1.54) is 35.2 Å². The van der Waals surface area contributed by atoms with Crippen molar-refractivity contribution in [2.75, 3.05) is 18.6 Å². The molecule has 0 unspecified atom stereocenters. The van der Waals surface area contributed by atoms with Crippen LogP contribution in [0.3, 0.4) is 0 Å². The molecule has 3 rings (SSSR count). The lowest BCUT2D eigenvalue weighted by atomic mass is 9.84. The van der Waals surface area contributed by atoms with Crippen molar-refractivity contribution < 1.29 is 4.74 Å². The number of hydrogen-bond acceptors (Lipinski definition) is 2. The summed E-state index contributed by atoms with van der Waals surface area (Å²) in [5.41, 5.74) is 5.72. The Labute approximate surface area is 109 Å². The molecule has 0 aromatic heterocycles. The van der Waals surface area contributed by atoms with E-state index in [4.69, 9.17) is 4.74 Å². The van der Waals surface area contributed by atoms with Crippen LogP contribution in [-0.4, -0.2) is 19.2 Å². The molecule has 18 heavy (non-hydrogen) atoms. The minimum atomic E-state index is 0.126. The number of rotatable bonds is 1. The minimum Gasteiger partial charge on any atom is -0.497 e. The highest BCUT2D eigenvalue weighted by atomic mass is 16.5. The van der Waals surface area contributed by atoms with Crippen molar-refractivity contribution >= 4 is 11.3 Å². The highest BCUT2D eigenvalue weighted by Crippen LogP contribution is 2.45. The van der Waals surface area contributed by atoms with Gasteiger partial charge in [0.1, 0.15) is 5.75 Å². The van der Waals surface area contributed by atoms with Crippen molar-refractivity contribution in [1.82, 2.24) is 0 Å². The zero-order valence-corrected chi connectivity index (χ0v) is 11.7. The van der Waals surface area contributed by atoms with Gasteiger partial charge in [0.05, 0.1) is 12.6 Å². The molecule has 2 heteroatoms. The molecule has 2 aliphatic rings. The highest BCUT2D eigenvalue weighted by molar-refractivity contribution is 5.84. The fourth-order valence-electron chi connectivity index (χ4n) is 3.39. The topological polar surface area (TPSA) is 12.5 Å². The van der Waals surface area contributed by atoms with Gasteiger partial charge in [0.2, 0.25) is 0 Å². The van der Waals surface area contributed by atoms with Crippen LogP contribution in [0, 0.1) is 0 Å². The third kappa shape index (κ3) is 1.55. The molecule has 2 aliphatic heterocycles. The zero-order valence-electron chi connectivity index (χ0n) is 11.7. The molecule has 0 N–H and O–H groups in total. The van der Waals surface area contributed by atoms with E-state index < -0.39 is 0 Å². The number of nitrogens with zero attached hydrogens (tertiary/aromatic N) is 1. The lowest BCUT2D eigenvalue weighted by Gasteiger charge is -2.46. The van der Waals surface area contributed by atoms with Crippen LogP contribution in [0.25, 0.3) is 5.57 Å². The number of hydrogen-bond donors (Lipinski definition) is 0. The molecule has 96 valence electrons. The van der Waals surface area contributed by atoms with Gasteiger partial charge in [-0.1, -0.05) is 6.08 Å². The molecular formula is C16H21NO. The second-order valence-corrected chi connectivity index (χ2v) is 5.92. The molecule has 0 spiro atoms. The molecule has 0 aliphatic carbocycles. The zero-order chi connectivity index (χ0) is 12.9. The first kappa shape index (κ1) is 11.6. The summed E-state index contributed by atoms with van der Waals surface area (Å²) in [7, 11) is 1.75. The van der Waals surface area contributed by atoms with Crippen molar-refractivity contribution in [3.05, 3.63) is 29.3 Å². The van der Waals surface area contributed by atoms with Crippen molar-refractivity contribution in [2.45, 2.75) is 39.2 Å². The third-order valence-electron chi connectivity index (χ3n) is 4.19. The fourth-order valence-corrected chi connectivity index (χ4v) is 3.39. The van der Waals surface area contributed by atoms with Gasteiger partial charge in [0, 0.05) is 17.8 Å². The molecule has 0 saturated heterocycles. The highest BCUT2D eigenvalue weighted by Gasteiger charge is 2.34. The number of anilines is 1. The molecule has 2 heterocycles. The van der Waals surface area contributed by atoms with Gasteiger partial charge in [-0.2, -0.15) is 0 Å². The lowest BCUT2D eigenvalue weighted by Crippen LogP contribution is -2.47. The Kier molecular flexibility index (Phi) is 2.44. The molecule has 0 bridgehead atoms. The van der Waals surface area contributed by atoms with Crippen molar-refractivity contribution in [1.29, 1.82) is 0 Å². The van der Waals surface area contributed by atoms with Crippen LogP contribution in [0.1, 0.15) is 38.3 Å². The second-order valence-electron chi connectivity index (χ2n) is 5.92. The van der Waals surface area contributed by atoms with E-state index >= 15 is 0 Å². The number of aryl methyl sites for hydroxylation is 1. The summed E-state index contributed by atoms with van der Waals surface area (Å²) in [5, 5.41) is 0. The van der Waals surface area contributed by atoms with Crippen molar-refractivity contribution in [3.63, 3.8) is 0 Å². The maximum atomic E-state index is 5.44. The van der Waals surface area contributed by atoms with Crippen LogP contribution in [0.4, 0.5) is 5.69 Å². The molecule has 1 aromatic carbocycles. The Balaban J connectivity index is 2.27. The van der Waals surface area contributed by atoms with Crippen LogP contribution in [0.15, 0.2) is 18.2 Å². The third-order valence-corrected chi connectivity index (χ3v) is 4.19. The quantitative estimate of drug-likeness (QED) is 0.746. The maximum Gasteiger partial charge on any atom is 0.119 e. The van der Waals surface area contributed by atoms with Crippen molar-refractivity contribution in [2.24, 2.45) is 0 Å². The van der Waals surface area contributed by atoms with E-state index in [9.17, 15) is 0 Å². The van der Waals surface area contributed by atoms with E-state index in [0.29, 0.717) is 0 Å². The Morgan fingerprint density at radius 3 is 2.78 bits per heavy atom. The summed E-state index contributed by atoms with van der Waals surface area (Å²) in [6.45, 7) is 7.98. The summed E-state index contributed by atoms with van der Waals surface area (Å²) in [6, 6.07) is 4.39. The van der Waals surface area contributed by atoms with Gasteiger partial charge in [0.25, 0.3) is 0 Å². The van der Waals surface area contributed by atoms with Gasteiger partial charge in [-0.25, -0.2) is 0 Å². The summed E-state index contributed by atoms with van der Waals surface area (Å²) in [4.78, 5) is 2.55. The molecule has 0 amide bonds. The Morgan fingerprint density at radius 1 is 1.28 bits per heavy atom. The standard InChI is InChI=1S/C16H21NO/c1-11-10-16(2,3)17-7-5-6-12-8-13(18-4)9-14(11)15(12)17/h8-10H,5-7H2,1-4H3. The normalized spacial score (nSPS) is 20.2. The molecular weight excluding hydrogens is 222 g/mol. The predicted molar refractivity (Wildman–Crippen MR) is 76.4 cm³/mol. The summed E-state index contributed by atoms with van der Waals surface area (Å²) < 4.78 is 5.44. The smallest absolute Gasteiger partial charge is 0.119 e. The first-order valence-corrected chi connectivity index (χ1v) is 6.71. The first-order chi connectivity index (χ1) is 8.53. The Hall–Kier alpha value is -1.44. The van der Waals surface area contributed by atoms with Crippen LogP contribution in [0.2, 0.25) is 0 Å². The number of ether oxygens (including phenoxy) is 1. The second kappa shape index (κ2) is 3.78. The van der Waals surface area contributed by atoms with Gasteiger partial charge in [0.15, 0.2) is 0 Å². The predicted octanol–water partition coefficient (Wildman–Crippen LogP) is 3.64. The van der Waals surface area contributed by atoms with Crippen LogP contribution >= 0.6 is 0 Å². The SMILES string of the molecule is COc1cc2c3c(c1)C(C)=CC(C)(C)N3CCC2. The molecule has 1 aromatic rings. The van der Waals surface area contributed by atoms with E-state index in [0.717, 1.165) is 12.3 Å². The first-order valence-electron chi connectivity index (χ1n) is 6.71. The summed E-state index contributed by atoms with van der Waals surface area (Å²) >= 11 is 0. The maximum absolute atomic E-state index is 5.44. The van der Waals surface area contributed by atoms with Crippen LogP contribution in [0.5, 0.6) is 5.75 Å². The Bertz CT molecular complexity index is 528. The molecule has 0 radical (unpaired) electrons.